The molecule has 0 saturated heterocycles. The van der Waals surface area contributed by atoms with Crippen LogP contribution in [0.4, 0.5) is 0 Å². The molecule has 1 aromatic carbocycles. The minimum atomic E-state index is 0.468. The van der Waals surface area contributed by atoms with Crippen LogP contribution in [0, 0.1) is 0 Å². The smallest absolute Gasteiger partial charge is 0.0408 e. The molecule has 0 aliphatic carbocycles. The van der Waals surface area contributed by atoms with Crippen LogP contribution in [0.15, 0.2) is 24.3 Å². The Hall–Kier alpha value is -0.530. The van der Waals surface area contributed by atoms with Gasteiger partial charge in [0.15, 0.2) is 0 Å². The average Bonchev–Trinajstić information content (AvgIpc) is 2.34. The molecular weight excluding hydrogens is 230 g/mol. The molecule has 0 saturated carbocycles. The lowest BCUT2D eigenvalue weighted by atomic mass is 9.93. The monoisotopic (exact) mass is 253 g/mol. The summed E-state index contributed by atoms with van der Waals surface area (Å²) in [6, 6.07) is 8.11. The lowest BCUT2D eigenvalue weighted by molar-refractivity contribution is 0.549. The van der Waals surface area contributed by atoms with Gasteiger partial charge in [0.2, 0.25) is 0 Å². The third-order valence-electron chi connectivity index (χ3n) is 3.26. The summed E-state index contributed by atoms with van der Waals surface area (Å²) in [6.45, 7) is 2.96. The highest BCUT2D eigenvalue weighted by molar-refractivity contribution is 6.30. The van der Waals surface area contributed by atoms with Crippen molar-refractivity contribution in [3.8, 4) is 0 Å². The van der Waals surface area contributed by atoms with E-state index in [9.17, 15) is 0 Å². The molecule has 17 heavy (non-hydrogen) atoms. The van der Waals surface area contributed by atoms with E-state index in [1.54, 1.807) is 0 Å². The van der Waals surface area contributed by atoms with Crippen molar-refractivity contribution < 1.29 is 0 Å². The van der Waals surface area contributed by atoms with Gasteiger partial charge in [0.05, 0.1) is 0 Å². The first-order valence-electron chi connectivity index (χ1n) is 6.73. The Morgan fingerprint density at radius 1 is 1.18 bits per heavy atom. The Labute approximate surface area is 110 Å². The van der Waals surface area contributed by atoms with Crippen LogP contribution in [-0.2, 0) is 0 Å². The Bertz CT molecular complexity index is 312. The Kier molecular flexibility index (Phi) is 7.30. The van der Waals surface area contributed by atoms with Crippen LogP contribution >= 0.6 is 11.6 Å². The Morgan fingerprint density at radius 2 is 1.94 bits per heavy atom. The second-order valence-corrected chi connectivity index (χ2v) is 5.13. The van der Waals surface area contributed by atoms with Gasteiger partial charge in [-0.2, -0.15) is 0 Å². The van der Waals surface area contributed by atoms with Crippen molar-refractivity contribution in [3.05, 3.63) is 34.9 Å². The average molecular weight is 254 g/mol. The zero-order valence-electron chi connectivity index (χ0n) is 10.8. The van der Waals surface area contributed by atoms with Crippen molar-refractivity contribution >= 4 is 11.6 Å². The van der Waals surface area contributed by atoms with Crippen molar-refractivity contribution in [3.63, 3.8) is 0 Å². The number of halogens is 1. The number of rotatable bonds is 8. The predicted molar refractivity (Wildman–Crippen MR) is 76.6 cm³/mol. The minimum Gasteiger partial charge on any atom is -0.330 e. The molecule has 0 fully saturated rings. The number of nitrogens with two attached hydrogens (primary N) is 1. The molecule has 0 aliphatic rings. The summed E-state index contributed by atoms with van der Waals surface area (Å²) in [4.78, 5) is 0. The van der Waals surface area contributed by atoms with Crippen LogP contribution in [0.3, 0.4) is 0 Å². The molecule has 1 atom stereocenters. The van der Waals surface area contributed by atoms with E-state index in [1.165, 1.54) is 44.1 Å². The molecule has 1 unspecified atom stereocenters. The van der Waals surface area contributed by atoms with Crippen LogP contribution in [0.1, 0.15) is 56.9 Å². The molecule has 0 radical (unpaired) electrons. The summed E-state index contributed by atoms with van der Waals surface area (Å²) in [5.41, 5.74) is 7.14. The van der Waals surface area contributed by atoms with Crippen molar-refractivity contribution in [2.24, 2.45) is 5.73 Å². The second-order valence-electron chi connectivity index (χ2n) is 4.69. The molecular formula is C15H24ClN. The van der Waals surface area contributed by atoms with E-state index in [-0.39, 0.29) is 0 Å². The quantitative estimate of drug-likeness (QED) is 0.665. The molecule has 0 bridgehead atoms. The van der Waals surface area contributed by atoms with Gasteiger partial charge in [0.25, 0.3) is 0 Å². The Balaban J connectivity index is 2.38. The number of hydrogen-bond acceptors (Lipinski definition) is 1. The van der Waals surface area contributed by atoms with E-state index in [4.69, 9.17) is 17.3 Å². The molecule has 2 heteroatoms. The molecule has 0 aromatic heterocycles. The lowest BCUT2D eigenvalue weighted by Crippen LogP contribution is -2.12. The maximum atomic E-state index is 6.01. The molecule has 0 spiro atoms. The van der Waals surface area contributed by atoms with Gasteiger partial charge in [-0.1, -0.05) is 62.8 Å². The molecule has 1 aromatic rings. The summed E-state index contributed by atoms with van der Waals surface area (Å²) in [5, 5.41) is 0.812. The Morgan fingerprint density at radius 3 is 2.59 bits per heavy atom. The van der Waals surface area contributed by atoms with Gasteiger partial charge in [-0.15, -0.1) is 0 Å². The second kappa shape index (κ2) is 8.54. The fourth-order valence-electron chi connectivity index (χ4n) is 2.18. The van der Waals surface area contributed by atoms with E-state index in [0.29, 0.717) is 12.5 Å². The van der Waals surface area contributed by atoms with Crippen LogP contribution in [0.2, 0.25) is 5.02 Å². The number of unbranched alkanes of at least 4 members (excludes halogenated alkanes) is 4. The third kappa shape index (κ3) is 5.56. The number of benzene rings is 1. The van der Waals surface area contributed by atoms with Gasteiger partial charge in [-0.3, -0.25) is 0 Å². The molecule has 0 aliphatic heterocycles. The topological polar surface area (TPSA) is 26.0 Å². The lowest BCUT2D eigenvalue weighted by Gasteiger charge is -2.15. The van der Waals surface area contributed by atoms with Gasteiger partial charge >= 0.3 is 0 Å². The van der Waals surface area contributed by atoms with E-state index in [2.05, 4.69) is 13.0 Å². The molecule has 96 valence electrons. The SMILES string of the molecule is CCCCCCCC(CN)c1cccc(Cl)c1. The zero-order valence-corrected chi connectivity index (χ0v) is 11.5. The number of hydrogen-bond donors (Lipinski definition) is 1. The van der Waals surface area contributed by atoms with Crippen molar-refractivity contribution in [1.82, 2.24) is 0 Å². The molecule has 0 amide bonds. The van der Waals surface area contributed by atoms with E-state index < -0.39 is 0 Å². The van der Waals surface area contributed by atoms with Crippen LogP contribution in [0.5, 0.6) is 0 Å². The van der Waals surface area contributed by atoms with Crippen molar-refractivity contribution in [1.29, 1.82) is 0 Å². The van der Waals surface area contributed by atoms with Crippen LogP contribution < -0.4 is 5.73 Å². The fourth-order valence-corrected chi connectivity index (χ4v) is 2.37. The summed E-state index contributed by atoms with van der Waals surface area (Å²) in [7, 11) is 0. The fraction of sp³-hybridized carbons (Fsp3) is 0.600. The predicted octanol–water partition coefficient (Wildman–Crippen LogP) is 4.74. The zero-order chi connectivity index (χ0) is 12.5. The minimum absolute atomic E-state index is 0.468. The highest BCUT2D eigenvalue weighted by Crippen LogP contribution is 2.24. The summed E-state index contributed by atoms with van der Waals surface area (Å²) < 4.78 is 0. The summed E-state index contributed by atoms with van der Waals surface area (Å²) in [6.07, 6.45) is 7.78. The highest BCUT2D eigenvalue weighted by atomic mass is 35.5. The van der Waals surface area contributed by atoms with Gasteiger partial charge in [0.1, 0.15) is 0 Å². The van der Waals surface area contributed by atoms with Gasteiger partial charge < -0.3 is 5.73 Å². The first-order valence-corrected chi connectivity index (χ1v) is 7.11. The van der Waals surface area contributed by atoms with Gasteiger partial charge in [-0.25, -0.2) is 0 Å². The van der Waals surface area contributed by atoms with Crippen molar-refractivity contribution in [2.45, 2.75) is 51.4 Å². The normalized spacial score (nSPS) is 12.6. The van der Waals surface area contributed by atoms with Gasteiger partial charge in [0, 0.05) is 5.02 Å². The molecule has 2 N–H and O–H groups in total. The van der Waals surface area contributed by atoms with Gasteiger partial charge in [-0.05, 0) is 36.6 Å². The maximum Gasteiger partial charge on any atom is 0.0408 e. The van der Waals surface area contributed by atoms with Crippen molar-refractivity contribution in [2.75, 3.05) is 6.54 Å². The summed E-state index contributed by atoms with van der Waals surface area (Å²) >= 11 is 6.01. The summed E-state index contributed by atoms with van der Waals surface area (Å²) in [5.74, 6) is 0.468. The molecule has 1 nitrogen and oxygen atoms in total. The van der Waals surface area contributed by atoms with E-state index >= 15 is 0 Å². The van der Waals surface area contributed by atoms with E-state index in [0.717, 1.165) is 5.02 Å². The maximum absolute atomic E-state index is 6.01. The highest BCUT2D eigenvalue weighted by Gasteiger charge is 2.09. The standard InChI is InChI=1S/C15H24ClN/c1-2-3-4-5-6-8-14(12-17)13-9-7-10-15(16)11-13/h7,9-11,14H,2-6,8,12,17H2,1H3. The van der Waals surface area contributed by atoms with Crippen LogP contribution in [0.25, 0.3) is 0 Å². The third-order valence-corrected chi connectivity index (χ3v) is 3.50. The largest absolute Gasteiger partial charge is 0.330 e. The van der Waals surface area contributed by atoms with E-state index in [1.807, 2.05) is 18.2 Å². The van der Waals surface area contributed by atoms with Crippen LogP contribution in [-0.4, -0.2) is 6.54 Å². The molecule has 1 rings (SSSR count). The first-order chi connectivity index (χ1) is 8.27. The first kappa shape index (κ1) is 14.5. The molecule has 0 heterocycles.